The van der Waals surface area contributed by atoms with Crippen molar-refractivity contribution in [3.05, 3.63) is 62.8 Å². The average Bonchev–Trinajstić information content (AvgIpc) is 3.27. The molecule has 0 aliphatic rings. The van der Waals surface area contributed by atoms with Gasteiger partial charge in [0.2, 0.25) is 5.69 Å². The number of aromatic amines is 1. The van der Waals surface area contributed by atoms with E-state index in [9.17, 15) is 4.79 Å². The first-order valence-electron chi connectivity index (χ1n) is 7.58. The van der Waals surface area contributed by atoms with E-state index in [4.69, 9.17) is 28.9 Å². The van der Waals surface area contributed by atoms with E-state index in [1.165, 1.54) is 11.3 Å². The molecule has 0 saturated heterocycles. The predicted molar refractivity (Wildman–Crippen MR) is 111 cm³/mol. The Morgan fingerprint density at radius 2 is 1.96 bits per heavy atom. The normalized spacial score (nSPS) is 11.0. The quantitative estimate of drug-likeness (QED) is 0.453. The highest BCUT2D eigenvalue weighted by Crippen LogP contribution is 2.35. The number of H-pyrrole nitrogens is 1. The SMILES string of the molecule is Nc1c(C(=O)Nc2cccc(Cl)c2Cl)sc2[nH+]c(-c3cccs3)ccc12. The summed E-state index contributed by atoms with van der Waals surface area (Å²) in [4.78, 5) is 18.4. The maximum Gasteiger partial charge on any atom is 0.270 e. The first-order valence-corrected chi connectivity index (χ1v) is 10.0. The zero-order valence-electron chi connectivity index (χ0n) is 13.2. The van der Waals surface area contributed by atoms with Crippen LogP contribution in [0, 0.1) is 0 Å². The Balaban J connectivity index is 1.71. The Bertz CT molecular complexity index is 1120. The second-order valence-corrected chi connectivity index (χ2v) is 8.25. The Morgan fingerprint density at radius 3 is 2.73 bits per heavy atom. The lowest BCUT2D eigenvalue weighted by Gasteiger charge is -2.07. The standard InChI is InChI=1S/C18H11Cl2N3OS2/c19-10-3-1-4-12(14(10)20)22-17(24)16-15(21)9-6-7-11(23-18(9)26-16)13-5-2-8-25-13/h1-8H,21H2,(H,22,24)/p+1. The van der Waals surface area contributed by atoms with Crippen LogP contribution in [-0.4, -0.2) is 5.91 Å². The van der Waals surface area contributed by atoms with Crippen LogP contribution < -0.4 is 16.0 Å². The van der Waals surface area contributed by atoms with Crippen molar-refractivity contribution in [2.45, 2.75) is 0 Å². The number of hydrogen-bond donors (Lipinski definition) is 2. The Hall–Kier alpha value is -2.12. The van der Waals surface area contributed by atoms with Crippen LogP contribution in [0.5, 0.6) is 0 Å². The summed E-state index contributed by atoms with van der Waals surface area (Å²) in [6.07, 6.45) is 0. The first-order chi connectivity index (χ1) is 12.5. The third-order valence-corrected chi connectivity index (χ3v) is 6.70. The molecule has 0 radical (unpaired) electrons. The molecule has 0 aliphatic heterocycles. The number of fused-ring (bicyclic) bond motifs is 1. The molecular formula is C18H12Cl2N3OS2+. The summed E-state index contributed by atoms with van der Waals surface area (Å²) in [6, 6.07) is 13.0. The van der Waals surface area contributed by atoms with Gasteiger partial charge in [-0.1, -0.05) is 46.7 Å². The third kappa shape index (κ3) is 3.05. The molecule has 3 heterocycles. The van der Waals surface area contributed by atoms with Crippen molar-refractivity contribution in [2.75, 3.05) is 11.1 Å². The topological polar surface area (TPSA) is 69.3 Å². The van der Waals surface area contributed by atoms with Crippen molar-refractivity contribution >= 4 is 73.4 Å². The summed E-state index contributed by atoms with van der Waals surface area (Å²) in [5.41, 5.74) is 8.08. The molecular weight excluding hydrogens is 409 g/mol. The summed E-state index contributed by atoms with van der Waals surface area (Å²) in [5.74, 6) is -0.320. The lowest BCUT2D eigenvalue weighted by Crippen LogP contribution is -2.12. The van der Waals surface area contributed by atoms with Crippen LogP contribution in [0.25, 0.3) is 20.8 Å². The van der Waals surface area contributed by atoms with E-state index >= 15 is 0 Å². The fraction of sp³-hybridized carbons (Fsp3) is 0. The van der Waals surface area contributed by atoms with Crippen LogP contribution in [0.3, 0.4) is 0 Å². The predicted octanol–water partition coefficient (Wildman–Crippen LogP) is 5.59. The van der Waals surface area contributed by atoms with E-state index in [2.05, 4.69) is 10.3 Å². The van der Waals surface area contributed by atoms with Crippen molar-refractivity contribution in [1.29, 1.82) is 0 Å². The van der Waals surface area contributed by atoms with E-state index in [0.29, 0.717) is 26.3 Å². The maximum atomic E-state index is 12.7. The van der Waals surface area contributed by atoms with E-state index < -0.39 is 0 Å². The van der Waals surface area contributed by atoms with Gasteiger partial charge < -0.3 is 11.1 Å². The fourth-order valence-electron chi connectivity index (χ4n) is 2.57. The summed E-state index contributed by atoms with van der Waals surface area (Å²) in [6.45, 7) is 0. The Kier molecular flexibility index (Phi) is 4.58. The van der Waals surface area contributed by atoms with Crippen LogP contribution in [0.15, 0.2) is 47.8 Å². The number of nitrogens with one attached hydrogen (secondary N) is 2. The van der Waals surface area contributed by atoms with Crippen molar-refractivity contribution in [3.63, 3.8) is 0 Å². The minimum atomic E-state index is -0.320. The van der Waals surface area contributed by atoms with Gasteiger partial charge in [0.05, 0.1) is 31.7 Å². The lowest BCUT2D eigenvalue weighted by atomic mass is 10.2. The van der Waals surface area contributed by atoms with Crippen LogP contribution >= 0.6 is 45.9 Å². The van der Waals surface area contributed by atoms with E-state index in [1.807, 2.05) is 29.6 Å². The Labute approximate surface area is 167 Å². The van der Waals surface area contributed by atoms with Gasteiger partial charge in [0.25, 0.3) is 10.7 Å². The van der Waals surface area contributed by atoms with Crippen LogP contribution in [0.1, 0.15) is 9.67 Å². The number of nitrogen functional groups attached to an aromatic ring is 1. The van der Waals surface area contributed by atoms with E-state index in [1.54, 1.807) is 29.5 Å². The molecule has 0 spiro atoms. The molecule has 0 bridgehead atoms. The van der Waals surface area contributed by atoms with Crippen molar-refractivity contribution in [3.8, 4) is 10.6 Å². The number of carbonyl (C=O) groups is 1. The largest absolute Gasteiger partial charge is 0.397 e. The molecule has 8 heteroatoms. The molecule has 3 aromatic heterocycles. The third-order valence-electron chi connectivity index (χ3n) is 3.84. The molecule has 0 saturated carbocycles. The minimum Gasteiger partial charge on any atom is -0.397 e. The zero-order chi connectivity index (χ0) is 18.3. The number of pyridine rings is 1. The van der Waals surface area contributed by atoms with Crippen molar-refractivity contribution in [2.24, 2.45) is 0 Å². The molecule has 130 valence electrons. The van der Waals surface area contributed by atoms with Crippen LogP contribution in [0.4, 0.5) is 11.4 Å². The number of carbonyl (C=O) groups excluding carboxylic acids is 1. The minimum absolute atomic E-state index is 0.300. The second-order valence-electron chi connectivity index (χ2n) is 5.49. The molecule has 4 rings (SSSR count). The molecule has 4 aromatic rings. The highest BCUT2D eigenvalue weighted by Gasteiger charge is 2.22. The summed E-state index contributed by atoms with van der Waals surface area (Å²) in [5, 5.41) is 6.29. The monoisotopic (exact) mass is 420 g/mol. The second kappa shape index (κ2) is 6.89. The molecule has 0 atom stereocenters. The molecule has 0 unspecified atom stereocenters. The van der Waals surface area contributed by atoms with Gasteiger partial charge in [0.15, 0.2) is 0 Å². The summed E-state index contributed by atoms with van der Waals surface area (Å²) >= 11 is 15.1. The molecule has 26 heavy (non-hydrogen) atoms. The van der Waals surface area contributed by atoms with Gasteiger partial charge in [-0.2, -0.15) is 4.98 Å². The van der Waals surface area contributed by atoms with Gasteiger partial charge in [0, 0.05) is 6.07 Å². The first kappa shape index (κ1) is 17.3. The average molecular weight is 421 g/mol. The van der Waals surface area contributed by atoms with Gasteiger partial charge in [0.1, 0.15) is 4.88 Å². The van der Waals surface area contributed by atoms with Crippen molar-refractivity contribution in [1.82, 2.24) is 0 Å². The smallest absolute Gasteiger partial charge is 0.270 e. The van der Waals surface area contributed by atoms with Crippen LogP contribution in [0.2, 0.25) is 10.0 Å². The number of nitrogens with two attached hydrogens (primary N) is 1. The number of halogens is 2. The molecule has 0 fully saturated rings. The molecule has 1 aromatic carbocycles. The number of amides is 1. The van der Waals surface area contributed by atoms with Crippen molar-refractivity contribution < 1.29 is 9.78 Å². The maximum absolute atomic E-state index is 12.7. The summed E-state index contributed by atoms with van der Waals surface area (Å²) in [7, 11) is 0. The molecule has 1 amide bonds. The number of rotatable bonds is 3. The highest BCUT2D eigenvalue weighted by atomic mass is 35.5. The number of aromatic nitrogens is 1. The van der Waals surface area contributed by atoms with Gasteiger partial charge in [-0.25, -0.2) is 0 Å². The molecule has 4 nitrogen and oxygen atoms in total. The number of hydrogen-bond acceptors (Lipinski definition) is 4. The molecule has 0 aliphatic carbocycles. The van der Waals surface area contributed by atoms with Crippen LogP contribution in [-0.2, 0) is 0 Å². The lowest BCUT2D eigenvalue weighted by molar-refractivity contribution is -0.327. The number of anilines is 2. The fourth-order valence-corrected chi connectivity index (χ4v) is 4.64. The molecule has 4 N–H and O–H groups in total. The number of thiophene rings is 2. The zero-order valence-corrected chi connectivity index (χ0v) is 16.3. The van der Waals surface area contributed by atoms with Gasteiger partial charge in [-0.05, 0) is 29.6 Å². The van der Waals surface area contributed by atoms with Gasteiger partial charge in [-0.15, -0.1) is 11.3 Å². The van der Waals surface area contributed by atoms with Gasteiger partial charge >= 0.3 is 0 Å². The van der Waals surface area contributed by atoms with Gasteiger partial charge in [-0.3, -0.25) is 4.79 Å². The van der Waals surface area contributed by atoms with E-state index in [-0.39, 0.29) is 5.91 Å². The highest BCUT2D eigenvalue weighted by molar-refractivity contribution is 7.21. The number of benzene rings is 1. The van der Waals surface area contributed by atoms with E-state index in [0.717, 1.165) is 20.8 Å². The summed E-state index contributed by atoms with van der Waals surface area (Å²) < 4.78 is 0. The Morgan fingerprint density at radius 1 is 1.12 bits per heavy atom.